The maximum Gasteiger partial charge on any atom is 0.222 e. The Balaban J connectivity index is 1.82. The third-order valence-electron chi connectivity index (χ3n) is 3.60. The molecule has 1 aliphatic rings. The molecule has 0 radical (unpaired) electrons. The van der Waals surface area contributed by atoms with E-state index in [1.807, 2.05) is 11.9 Å². The van der Waals surface area contributed by atoms with Crippen LogP contribution in [-0.4, -0.2) is 36.5 Å². The molecule has 1 fully saturated rings. The first kappa shape index (κ1) is 14.5. The molecule has 19 heavy (non-hydrogen) atoms. The summed E-state index contributed by atoms with van der Waals surface area (Å²) in [5.74, 6) is 0.263. The Morgan fingerprint density at radius 2 is 2.11 bits per heavy atom. The number of hydrogen-bond acceptors (Lipinski definition) is 2. The monoisotopic (exact) mass is 324 g/mol. The lowest BCUT2D eigenvalue weighted by molar-refractivity contribution is -0.132. The van der Waals surface area contributed by atoms with Crippen molar-refractivity contribution in [2.45, 2.75) is 38.3 Å². The van der Waals surface area contributed by atoms with Gasteiger partial charge in [0.05, 0.1) is 0 Å². The first-order chi connectivity index (χ1) is 9.04. The van der Waals surface area contributed by atoms with Crippen molar-refractivity contribution in [1.29, 1.82) is 0 Å². The van der Waals surface area contributed by atoms with Gasteiger partial charge in [0.1, 0.15) is 0 Å². The highest BCUT2D eigenvalue weighted by atomic mass is 79.9. The third kappa shape index (κ3) is 4.32. The van der Waals surface area contributed by atoms with Crippen LogP contribution in [0.15, 0.2) is 28.7 Å². The number of likely N-dealkylation sites (tertiary alicyclic amines) is 1. The van der Waals surface area contributed by atoms with E-state index < -0.39 is 0 Å². The van der Waals surface area contributed by atoms with Crippen LogP contribution in [0.5, 0.6) is 0 Å². The van der Waals surface area contributed by atoms with Gasteiger partial charge in [0.25, 0.3) is 0 Å². The Hall–Kier alpha value is -0.870. The van der Waals surface area contributed by atoms with Crippen molar-refractivity contribution < 1.29 is 4.79 Å². The highest BCUT2D eigenvalue weighted by molar-refractivity contribution is 9.10. The van der Waals surface area contributed by atoms with Crippen molar-refractivity contribution in [3.05, 3.63) is 34.3 Å². The predicted octanol–water partition coefficient (Wildman–Crippen LogP) is 2.59. The number of rotatable bonds is 4. The lowest BCUT2D eigenvalue weighted by Gasteiger charge is -2.32. The molecule has 0 bridgehead atoms. The van der Waals surface area contributed by atoms with Crippen LogP contribution in [0.3, 0.4) is 0 Å². The minimum absolute atomic E-state index is 0.263. The topological polar surface area (TPSA) is 32.3 Å². The number of nitrogens with zero attached hydrogens (tertiary/aromatic N) is 1. The molecule has 0 saturated carbocycles. The molecule has 2 rings (SSSR count). The van der Waals surface area contributed by atoms with E-state index in [1.165, 1.54) is 5.56 Å². The van der Waals surface area contributed by atoms with Crippen molar-refractivity contribution >= 4 is 21.8 Å². The van der Waals surface area contributed by atoms with Crippen LogP contribution < -0.4 is 5.32 Å². The molecule has 2 unspecified atom stereocenters. The lowest BCUT2D eigenvalue weighted by atomic mass is 10.0. The summed E-state index contributed by atoms with van der Waals surface area (Å²) in [5, 5.41) is 3.63. The molecule has 0 aromatic heterocycles. The van der Waals surface area contributed by atoms with Crippen LogP contribution >= 0.6 is 15.9 Å². The van der Waals surface area contributed by atoms with Gasteiger partial charge in [-0.2, -0.15) is 0 Å². The van der Waals surface area contributed by atoms with Gasteiger partial charge in [0, 0.05) is 36.6 Å². The first-order valence-corrected chi connectivity index (χ1v) is 7.58. The Morgan fingerprint density at radius 3 is 2.74 bits per heavy atom. The summed E-state index contributed by atoms with van der Waals surface area (Å²) < 4.78 is 1.12. The van der Waals surface area contributed by atoms with E-state index in [0.29, 0.717) is 18.5 Å². The standard InChI is InChI=1S/C15H21BrN2O/c1-11(9-12-3-5-13(16)6-4-12)17-14-7-8-15(19)18(2)10-14/h3-6,11,14,17H,7-10H2,1-2H3. The highest BCUT2D eigenvalue weighted by Crippen LogP contribution is 2.14. The van der Waals surface area contributed by atoms with E-state index >= 15 is 0 Å². The lowest BCUT2D eigenvalue weighted by Crippen LogP contribution is -2.49. The summed E-state index contributed by atoms with van der Waals surface area (Å²) in [6.07, 6.45) is 2.63. The number of likely N-dealkylation sites (N-methyl/N-ethyl adjacent to an activating group) is 1. The van der Waals surface area contributed by atoms with Crippen LogP contribution in [0.2, 0.25) is 0 Å². The molecule has 2 atom stereocenters. The van der Waals surface area contributed by atoms with E-state index in [4.69, 9.17) is 0 Å². The van der Waals surface area contributed by atoms with Gasteiger partial charge in [0.2, 0.25) is 5.91 Å². The van der Waals surface area contributed by atoms with E-state index in [9.17, 15) is 4.79 Å². The number of halogens is 1. The van der Waals surface area contributed by atoms with Crippen molar-refractivity contribution in [3.8, 4) is 0 Å². The maximum atomic E-state index is 11.4. The fourth-order valence-electron chi connectivity index (χ4n) is 2.58. The molecule has 3 nitrogen and oxygen atoms in total. The van der Waals surface area contributed by atoms with Gasteiger partial charge < -0.3 is 10.2 Å². The van der Waals surface area contributed by atoms with Gasteiger partial charge in [-0.1, -0.05) is 28.1 Å². The highest BCUT2D eigenvalue weighted by Gasteiger charge is 2.23. The minimum atomic E-state index is 0.263. The molecule has 0 aliphatic carbocycles. The molecule has 1 aromatic carbocycles. The number of carbonyl (C=O) groups is 1. The number of piperidine rings is 1. The van der Waals surface area contributed by atoms with Crippen LogP contribution in [0.25, 0.3) is 0 Å². The smallest absolute Gasteiger partial charge is 0.222 e. The molecule has 1 aliphatic heterocycles. The molecule has 1 N–H and O–H groups in total. The molecule has 1 heterocycles. The zero-order valence-corrected chi connectivity index (χ0v) is 13.1. The third-order valence-corrected chi connectivity index (χ3v) is 4.13. The second-order valence-corrected chi connectivity index (χ2v) is 6.32. The van der Waals surface area contributed by atoms with Gasteiger partial charge in [-0.25, -0.2) is 0 Å². The Kier molecular flexibility index (Phi) is 4.99. The summed E-state index contributed by atoms with van der Waals surface area (Å²) in [5.41, 5.74) is 1.34. The molecular weight excluding hydrogens is 304 g/mol. The van der Waals surface area contributed by atoms with Crippen molar-refractivity contribution in [2.75, 3.05) is 13.6 Å². The molecule has 1 amide bonds. The zero-order chi connectivity index (χ0) is 13.8. The van der Waals surface area contributed by atoms with E-state index in [1.54, 1.807) is 0 Å². The molecule has 104 valence electrons. The average molecular weight is 325 g/mol. The Bertz CT molecular complexity index is 432. The van der Waals surface area contributed by atoms with E-state index in [-0.39, 0.29) is 5.91 Å². The number of nitrogens with one attached hydrogen (secondary N) is 1. The molecule has 0 spiro atoms. The van der Waals surface area contributed by atoms with E-state index in [2.05, 4.69) is 52.4 Å². The van der Waals surface area contributed by atoms with Crippen molar-refractivity contribution in [3.63, 3.8) is 0 Å². The number of benzene rings is 1. The van der Waals surface area contributed by atoms with Crippen molar-refractivity contribution in [1.82, 2.24) is 10.2 Å². The maximum absolute atomic E-state index is 11.4. The Labute approximate surface area is 123 Å². The van der Waals surface area contributed by atoms with Crippen LogP contribution in [0.4, 0.5) is 0 Å². The largest absolute Gasteiger partial charge is 0.344 e. The van der Waals surface area contributed by atoms with Gasteiger partial charge in [0.15, 0.2) is 0 Å². The van der Waals surface area contributed by atoms with Crippen molar-refractivity contribution in [2.24, 2.45) is 0 Å². The molecular formula is C15H21BrN2O. The number of amides is 1. The first-order valence-electron chi connectivity index (χ1n) is 6.79. The number of hydrogen-bond donors (Lipinski definition) is 1. The van der Waals surface area contributed by atoms with Crippen LogP contribution in [-0.2, 0) is 11.2 Å². The minimum Gasteiger partial charge on any atom is -0.344 e. The average Bonchev–Trinajstić information content (AvgIpc) is 2.37. The second kappa shape index (κ2) is 6.53. The second-order valence-electron chi connectivity index (χ2n) is 5.41. The van der Waals surface area contributed by atoms with E-state index in [0.717, 1.165) is 23.9 Å². The van der Waals surface area contributed by atoms with Gasteiger partial charge in [-0.05, 0) is 37.5 Å². The zero-order valence-electron chi connectivity index (χ0n) is 11.5. The molecule has 4 heteroatoms. The quantitative estimate of drug-likeness (QED) is 0.923. The van der Waals surface area contributed by atoms with Gasteiger partial charge in [-0.15, -0.1) is 0 Å². The molecule has 1 saturated heterocycles. The van der Waals surface area contributed by atoms with Gasteiger partial charge in [-0.3, -0.25) is 4.79 Å². The summed E-state index contributed by atoms with van der Waals surface area (Å²) in [6.45, 7) is 3.03. The Morgan fingerprint density at radius 1 is 1.42 bits per heavy atom. The number of carbonyl (C=O) groups excluding carboxylic acids is 1. The van der Waals surface area contributed by atoms with Gasteiger partial charge >= 0.3 is 0 Å². The summed E-state index contributed by atoms with van der Waals surface area (Å²) in [7, 11) is 1.88. The normalized spacial score (nSPS) is 21.5. The summed E-state index contributed by atoms with van der Waals surface area (Å²) >= 11 is 3.45. The fraction of sp³-hybridized carbons (Fsp3) is 0.533. The van der Waals surface area contributed by atoms with Crippen LogP contribution in [0, 0.1) is 0 Å². The SMILES string of the molecule is CC(Cc1ccc(Br)cc1)NC1CCC(=O)N(C)C1. The summed E-state index contributed by atoms with van der Waals surface area (Å²) in [4.78, 5) is 13.3. The summed E-state index contributed by atoms with van der Waals surface area (Å²) in [6, 6.07) is 9.31. The molecule has 1 aromatic rings. The van der Waals surface area contributed by atoms with Crippen LogP contribution in [0.1, 0.15) is 25.3 Å². The predicted molar refractivity (Wildman–Crippen MR) is 81.1 cm³/mol. The fourth-order valence-corrected chi connectivity index (χ4v) is 2.85.